The van der Waals surface area contributed by atoms with Crippen molar-refractivity contribution in [2.45, 2.75) is 4.90 Å². The molecule has 0 unspecified atom stereocenters. The average Bonchev–Trinajstić information content (AvgIpc) is 2.88. The summed E-state index contributed by atoms with van der Waals surface area (Å²) in [5.41, 5.74) is 2.79. The Hall–Kier alpha value is -4.52. The van der Waals surface area contributed by atoms with Crippen LogP contribution in [0.2, 0.25) is 0 Å². The molecule has 0 amide bonds. The minimum absolute atomic E-state index is 0.0221. The molecule has 0 atom stereocenters. The molecule has 0 heterocycles. The van der Waals surface area contributed by atoms with Gasteiger partial charge in [-0.15, -0.1) is 0 Å². The van der Waals surface area contributed by atoms with Crippen molar-refractivity contribution < 1.29 is 32.3 Å². The van der Waals surface area contributed by atoms with Crippen LogP contribution in [-0.4, -0.2) is 48.0 Å². The third-order valence-electron chi connectivity index (χ3n) is 4.95. The maximum Gasteiger partial charge on any atom is 0.295 e. The molecule has 0 spiro atoms. The van der Waals surface area contributed by atoms with Crippen molar-refractivity contribution in [3.05, 3.63) is 70.3 Å². The fourth-order valence-electron chi connectivity index (χ4n) is 3.12. The number of hydrogen-bond acceptors (Lipinski definition) is 10. The predicted octanol–water partition coefficient (Wildman–Crippen LogP) is 3.88. The van der Waals surface area contributed by atoms with Crippen molar-refractivity contribution in [3.63, 3.8) is 0 Å². The fraction of sp³-hybridized carbons (Fsp3) is 0.174. The summed E-state index contributed by atoms with van der Waals surface area (Å²) >= 11 is 0. The van der Waals surface area contributed by atoms with Gasteiger partial charge in [0.05, 0.1) is 50.0 Å². The van der Waals surface area contributed by atoms with E-state index in [2.05, 4.69) is 15.2 Å². The molecule has 0 bridgehead atoms. The summed E-state index contributed by atoms with van der Waals surface area (Å²) in [6, 6.07) is 12.9. The zero-order chi connectivity index (χ0) is 26.3. The Bertz CT molecular complexity index is 1350. The molecule has 0 fully saturated rings. The lowest BCUT2D eigenvalue weighted by molar-refractivity contribution is -0.384. The molecule has 190 valence electrons. The second kappa shape index (κ2) is 11.3. The highest BCUT2D eigenvalue weighted by Gasteiger charge is 2.22. The van der Waals surface area contributed by atoms with Crippen LogP contribution in [0.1, 0.15) is 5.56 Å². The van der Waals surface area contributed by atoms with E-state index in [-0.39, 0.29) is 16.3 Å². The van der Waals surface area contributed by atoms with Crippen molar-refractivity contribution >= 4 is 33.3 Å². The van der Waals surface area contributed by atoms with Crippen molar-refractivity contribution in [1.29, 1.82) is 0 Å². The van der Waals surface area contributed by atoms with Gasteiger partial charge in [-0.3, -0.25) is 20.3 Å². The third kappa shape index (κ3) is 5.93. The van der Waals surface area contributed by atoms with E-state index in [4.69, 9.17) is 18.9 Å². The number of nitrogens with one attached hydrogen (secondary N) is 2. The number of nitro groups is 1. The monoisotopic (exact) mass is 516 g/mol. The second-order valence-electron chi connectivity index (χ2n) is 7.09. The number of sulfonamides is 1. The number of anilines is 2. The number of nitro benzene ring substituents is 1. The molecule has 13 heteroatoms. The number of ether oxygens (including phenoxy) is 4. The smallest absolute Gasteiger partial charge is 0.295 e. The molecule has 0 radical (unpaired) electrons. The first-order valence-electron chi connectivity index (χ1n) is 10.3. The average molecular weight is 517 g/mol. The van der Waals surface area contributed by atoms with Gasteiger partial charge in [0.25, 0.3) is 15.7 Å². The summed E-state index contributed by atoms with van der Waals surface area (Å²) in [6.07, 6.45) is 1.36. The van der Waals surface area contributed by atoms with E-state index in [0.29, 0.717) is 28.6 Å². The minimum atomic E-state index is -4.10. The van der Waals surface area contributed by atoms with Crippen molar-refractivity contribution in [2.75, 3.05) is 38.6 Å². The molecule has 12 nitrogen and oxygen atoms in total. The molecule has 0 aromatic heterocycles. The molecular weight excluding hydrogens is 492 g/mol. The lowest BCUT2D eigenvalue weighted by Crippen LogP contribution is -2.13. The van der Waals surface area contributed by atoms with Crippen LogP contribution in [0, 0.1) is 10.1 Å². The van der Waals surface area contributed by atoms with Gasteiger partial charge < -0.3 is 18.9 Å². The molecule has 0 saturated heterocycles. The van der Waals surface area contributed by atoms with E-state index in [1.54, 1.807) is 24.3 Å². The molecule has 3 rings (SSSR count). The van der Waals surface area contributed by atoms with Gasteiger partial charge in [0.1, 0.15) is 28.7 Å². The van der Waals surface area contributed by atoms with Crippen LogP contribution >= 0.6 is 0 Å². The van der Waals surface area contributed by atoms with Crippen molar-refractivity contribution in [3.8, 4) is 23.0 Å². The Balaban J connectivity index is 1.87. The molecule has 0 aliphatic rings. The first kappa shape index (κ1) is 26.1. The number of rotatable bonds is 11. The molecule has 3 aromatic rings. The second-order valence-corrected chi connectivity index (χ2v) is 8.77. The van der Waals surface area contributed by atoms with Gasteiger partial charge in [0.2, 0.25) is 0 Å². The molecule has 0 saturated carbocycles. The largest absolute Gasteiger partial charge is 0.497 e. The van der Waals surface area contributed by atoms with E-state index in [1.165, 1.54) is 58.9 Å². The summed E-state index contributed by atoms with van der Waals surface area (Å²) in [4.78, 5) is 10.7. The van der Waals surface area contributed by atoms with Crippen LogP contribution in [0.5, 0.6) is 23.0 Å². The molecule has 2 N–H and O–H groups in total. The Morgan fingerprint density at radius 3 is 2.00 bits per heavy atom. The third-order valence-corrected chi connectivity index (χ3v) is 6.33. The van der Waals surface area contributed by atoms with Crippen LogP contribution < -0.4 is 29.1 Å². The first-order valence-corrected chi connectivity index (χ1v) is 11.7. The van der Waals surface area contributed by atoms with E-state index >= 15 is 0 Å². The molecule has 0 aliphatic carbocycles. The zero-order valence-electron chi connectivity index (χ0n) is 19.8. The minimum Gasteiger partial charge on any atom is -0.497 e. The quantitative estimate of drug-likeness (QED) is 0.220. The summed E-state index contributed by atoms with van der Waals surface area (Å²) in [6.45, 7) is 0. The van der Waals surface area contributed by atoms with Gasteiger partial charge in [0, 0.05) is 23.9 Å². The lowest BCUT2D eigenvalue weighted by Gasteiger charge is -2.12. The highest BCUT2D eigenvalue weighted by Crippen LogP contribution is 2.33. The molecule has 0 aliphatic heterocycles. The van der Waals surface area contributed by atoms with Gasteiger partial charge >= 0.3 is 0 Å². The number of nitrogens with zero attached hydrogens (tertiary/aromatic N) is 2. The van der Waals surface area contributed by atoms with Crippen LogP contribution in [0.15, 0.2) is 64.6 Å². The van der Waals surface area contributed by atoms with Crippen molar-refractivity contribution in [1.82, 2.24) is 0 Å². The van der Waals surface area contributed by atoms with E-state index in [0.717, 1.165) is 6.07 Å². The van der Waals surface area contributed by atoms with Crippen LogP contribution in [-0.2, 0) is 10.0 Å². The number of hydrogen-bond donors (Lipinski definition) is 2. The first-order chi connectivity index (χ1) is 17.2. The summed E-state index contributed by atoms with van der Waals surface area (Å²) in [5.74, 6) is 1.86. The fourth-order valence-corrected chi connectivity index (χ4v) is 4.20. The normalized spacial score (nSPS) is 11.1. The van der Waals surface area contributed by atoms with Gasteiger partial charge in [-0.05, 0) is 36.4 Å². The standard InChI is InChI=1S/C23H24N4O8S/c1-32-16-7-5-15(6-8-16)26-36(30,31)18-9-10-20(21(13-18)27(28)29)25-24-14-19-22(34-3)11-17(33-2)12-23(19)35-4/h5-14,25-26H,1-4H3/b24-14+. The molecule has 3 aromatic carbocycles. The van der Waals surface area contributed by atoms with Gasteiger partial charge in [-0.1, -0.05) is 0 Å². The highest BCUT2D eigenvalue weighted by atomic mass is 32.2. The summed E-state index contributed by atoms with van der Waals surface area (Å²) < 4.78 is 48.9. The Kier molecular flexibility index (Phi) is 8.17. The van der Waals surface area contributed by atoms with Gasteiger partial charge in [0.15, 0.2) is 0 Å². The number of methoxy groups -OCH3 is 4. The Labute approximate surface area is 207 Å². The lowest BCUT2D eigenvalue weighted by atomic mass is 10.2. The van der Waals surface area contributed by atoms with Crippen LogP contribution in [0.3, 0.4) is 0 Å². The van der Waals surface area contributed by atoms with Crippen molar-refractivity contribution in [2.24, 2.45) is 5.10 Å². The van der Waals surface area contributed by atoms with Gasteiger partial charge in [-0.2, -0.15) is 5.10 Å². The SMILES string of the molecule is COc1ccc(NS(=O)(=O)c2ccc(N/N=C/c3c(OC)cc(OC)cc3OC)c([N+](=O)[O-])c2)cc1. The molecular formula is C23H24N4O8S. The van der Waals surface area contributed by atoms with E-state index in [1.807, 2.05) is 0 Å². The summed E-state index contributed by atoms with van der Waals surface area (Å²) in [7, 11) is 1.81. The van der Waals surface area contributed by atoms with Crippen LogP contribution in [0.4, 0.5) is 17.1 Å². The zero-order valence-corrected chi connectivity index (χ0v) is 20.7. The maximum absolute atomic E-state index is 12.8. The molecule has 36 heavy (non-hydrogen) atoms. The van der Waals surface area contributed by atoms with E-state index < -0.39 is 20.6 Å². The van der Waals surface area contributed by atoms with Gasteiger partial charge in [-0.25, -0.2) is 8.42 Å². The summed E-state index contributed by atoms with van der Waals surface area (Å²) in [5, 5.41) is 15.7. The van der Waals surface area contributed by atoms with Crippen LogP contribution in [0.25, 0.3) is 0 Å². The van der Waals surface area contributed by atoms with E-state index in [9.17, 15) is 18.5 Å². The maximum atomic E-state index is 12.8. The topological polar surface area (TPSA) is 151 Å². The Morgan fingerprint density at radius 2 is 1.47 bits per heavy atom. The Morgan fingerprint density at radius 1 is 0.861 bits per heavy atom. The number of hydrazone groups is 1. The highest BCUT2D eigenvalue weighted by molar-refractivity contribution is 7.92. The predicted molar refractivity (Wildman–Crippen MR) is 134 cm³/mol. The number of benzene rings is 3.